The summed E-state index contributed by atoms with van der Waals surface area (Å²) in [6, 6.07) is 11.7. The summed E-state index contributed by atoms with van der Waals surface area (Å²) in [6.07, 6.45) is 1.53. The van der Waals surface area contributed by atoms with Crippen molar-refractivity contribution in [3.8, 4) is 5.75 Å². The maximum atomic E-state index is 11.8. The van der Waals surface area contributed by atoms with E-state index in [1.807, 2.05) is 24.3 Å². The van der Waals surface area contributed by atoms with E-state index in [1.165, 1.54) is 24.4 Å². The van der Waals surface area contributed by atoms with Gasteiger partial charge in [-0.25, -0.2) is 5.43 Å². The van der Waals surface area contributed by atoms with Gasteiger partial charge in [0.25, 0.3) is 5.91 Å². The van der Waals surface area contributed by atoms with E-state index in [4.69, 9.17) is 11.6 Å². The van der Waals surface area contributed by atoms with Gasteiger partial charge in [0.15, 0.2) is 0 Å². The van der Waals surface area contributed by atoms with Crippen molar-refractivity contribution in [2.75, 3.05) is 0 Å². The Hall–Kier alpha value is -1.85. The maximum Gasteiger partial charge on any atom is 0.271 e. The van der Waals surface area contributed by atoms with E-state index in [1.54, 1.807) is 0 Å². The van der Waals surface area contributed by atoms with Crippen LogP contribution in [0.2, 0.25) is 5.02 Å². The average molecular weight is 354 g/mol. The molecular weight excluding hydrogens is 344 g/mol. The van der Waals surface area contributed by atoms with Crippen molar-refractivity contribution in [2.45, 2.75) is 0 Å². The third-order valence-electron chi connectivity index (χ3n) is 2.44. The van der Waals surface area contributed by atoms with Gasteiger partial charge in [-0.05, 0) is 35.9 Å². The standard InChI is InChI=1S/C14H10BrClN2O2/c15-11-3-1-2-9(6-11)8-17-18-14(20)10-4-5-13(19)12(16)7-10/h1-8,19H,(H,18,20)/b17-8+. The molecule has 0 saturated carbocycles. The Bertz CT molecular complexity index is 674. The van der Waals surface area contributed by atoms with Gasteiger partial charge < -0.3 is 5.11 Å². The first kappa shape index (κ1) is 14.6. The molecule has 0 spiro atoms. The number of halogens is 2. The van der Waals surface area contributed by atoms with E-state index >= 15 is 0 Å². The molecule has 2 aromatic rings. The van der Waals surface area contributed by atoms with Gasteiger partial charge >= 0.3 is 0 Å². The third kappa shape index (κ3) is 3.82. The van der Waals surface area contributed by atoms with Crippen LogP contribution in [-0.4, -0.2) is 17.2 Å². The number of aromatic hydroxyl groups is 1. The summed E-state index contributed by atoms with van der Waals surface area (Å²) in [5.74, 6) is -0.473. The molecule has 1 amide bonds. The number of hydrogen-bond acceptors (Lipinski definition) is 3. The number of amides is 1. The second-order valence-corrected chi connectivity index (χ2v) is 5.24. The van der Waals surface area contributed by atoms with Crippen molar-refractivity contribution in [1.29, 1.82) is 0 Å². The summed E-state index contributed by atoms with van der Waals surface area (Å²) in [5.41, 5.74) is 3.56. The lowest BCUT2D eigenvalue weighted by molar-refractivity contribution is 0.0955. The number of carbonyl (C=O) groups is 1. The zero-order valence-electron chi connectivity index (χ0n) is 10.2. The molecular formula is C14H10BrClN2O2. The van der Waals surface area contributed by atoms with Crippen molar-refractivity contribution in [3.05, 3.63) is 63.1 Å². The fourth-order valence-electron chi connectivity index (χ4n) is 1.47. The van der Waals surface area contributed by atoms with Crippen LogP contribution in [0.25, 0.3) is 0 Å². The van der Waals surface area contributed by atoms with Gasteiger partial charge in [-0.3, -0.25) is 4.79 Å². The number of rotatable bonds is 3. The topological polar surface area (TPSA) is 61.7 Å². The van der Waals surface area contributed by atoms with Crippen molar-refractivity contribution in [1.82, 2.24) is 5.43 Å². The molecule has 0 aromatic heterocycles. The first-order valence-corrected chi connectivity index (χ1v) is 6.81. The minimum atomic E-state index is -0.404. The molecule has 0 aliphatic carbocycles. The summed E-state index contributed by atoms with van der Waals surface area (Å²) < 4.78 is 0.929. The van der Waals surface area contributed by atoms with Crippen LogP contribution in [0, 0.1) is 0 Å². The van der Waals surface area contributed by atoms with Crippen molar-refractivity contribution in [2.24, 2.45) is 5.10 Å². The van der Waals surface area contributed by atoms with Crippen molar-refractivity contribution in [3.63, 3.8) is 0 Å². The molecule has 0 radical (unpaired) electrons. The predicted molar refractivity (Wildman–Crippen MR) is 82.3 cm³/mol. The highest BCUT2D eigenvalue weighted by atomic mass is 79.9. The number of benzene rings is 2. The van der Waals surface area contributed by atoms with Gasteiger partial charge in [0, 0.05) is 10.0 Å². The molecule has 2 rings (SSSR count). The molecule has 2 aromatic carbocycles. The van der Waals surface area contributed by atoms with E-state index in [0.717, 1.165) is 10.0 Å². The molecule has 0 saturated heterocycles. The van der Waals surface area contributed by atoms with Crippen molar-refractivity contribution >= 4 is 39.7 Å². The molecule has 0 heterocycles. The molecule has 20 heavy (non-hydrogen) atoms. The Labute approximate surface area is 129 Å². The molecule has 0 unspecified atom stereocenters. The van der Waals surface area contributed by atoms with E-state index in [-0.39, 0.29) is 10.8 Å². The largest absolute Gasteiger partial charge is 0.506 e. The normalized spacial score (nSPS) is 10.7. The molecule has 0 atom stereocenters. The number of nitrogens with zero attached hydrogens (tertiary/aromatic N) is 1. The number of hydrogen-bond donors (Lipinski definition) is 2. The third-order valence-corrected chi connectivity index (χ3v) is 3.23. The van der Waals surface area contributed by atoms with Gasteiger partial charge in [-0.1, -0.05) is 39.7 Å². The van der Waals surface area contributed by atoms with Gasteiger partial charge in [0.05, 0.1) is 11.2 Å². The molecule has 0 aliphatic rings. The fourth-order valence-corrected chi connectivity index (χ4v) is 2.06. The van der Waals surface area contributed by atoms with Gasteiger partial charge in [-0.15, -0.1) is 0 Å². The number of phenolic OH excluding ortho intramolecular Hbond substituents is 1. The molecule has 0 bridgehead atoms. The molecule has 2 N–H and O–H groups in total. The van der Waals surface area contributed by atoms with Crippen LogP contribution < -0.4 is 5.43 Å². The predicted octanol–water partition coefficient (Wildman–Crippen LogP) is 3.57. The van der Waals surface area contributed by atoms with Crippen molar-refractivity contribution < 1.29 is 9.90 Å². The lowest BCUT2D eigenvalue weighted by Crippen LogP contribution is -2.17. The first-order valence-electron chi connectivity index (χ1n) is 5.64. The van der Waals surface area contributed by atoms with Crippen LogP contribution in [0.1, 0.15) is 15.9 Å². The number of phenols is 1. The Morgan fingerprint density at radius 1 is 1.30 bits per heavy atom. The summed E-state index contributed by atoms with van der Waals surface area (Å²) in [7, 11) is 0. The monoisotopic (exact) mass is 352 g/mol. The van der Waals surface area contributed by atoms with Gasteiger partial charge in [0.1, 0.15) is 5.75 Å². The van der Waals surface area contributed by atoms with E-state index in [0.29, 0.717) is 5.56 Å². The zero-order valence-corrected chi connectivity index (χ0v) is 12.5. The van der Waals surface area contributed by atoms with Crippen LogP contribution >= 0.6 is 27.5 Å². The second kappa shape index (κ2) is 6.54. The SMILES string of the molecule is O=C(N/N=C/c1cccc(Br)c1)c1ccc(O)c(Cl)c1. The summed E-state index contributed by atoms with van der Waals surface area (Å²) in [5, 5.41) is 13.3. The molecule has 6 heteroatoms. The van der Waals surface area contributed by atoms with E-state index in [9.17, 15) is 9.90 Å². The highest BCUT2D eigenvalue weighted by molar-refractivity contribution is 9.10. The van der Waals surface area contributed by atoms with Crippen LogP contribution in [0.4, 0.5) is 0 Å². The molecule has 102 valence electrons. The van der Waals surface area contributed by atoms with Gasteiger partial charge in [-0.2, -0.15) is 5.10 Å². The number of hydrazone groups is 1. The summed E-state index contributed by atoms with van der Waals surface area (Å²) >= 11 is 9.08. The Balaban J connectivity index is 2.03. The second-order valence-electron chi connectivity index (χ2n) is 3.92. The smallest absolute Gasteiger partial charge is 0.271 e. The minimum absolute atomic E-state index is 0.0687. The molecule has 0 aliphatic heterocycles. The number of carbonyl (C=O) groups excluding carboxylic acids is 1. The fraction of sp³-hybridized carbons (Fsp3) is 0. The van der Waals surface area contributed by atoms with E-state index < -0.39 is 5.91 Å². The zero-order chi connectivity index (χ0) is 14.5. The highest BCUT2D eigenvalue weighted by Gasteiger charge is 2.07. The van der Waals surface area contributed by atoms with E-state index in [2.05, 4.69) is 26.5 Å². The van der Waals surface area contributed by atoms with Gasteiger partial charge in [0.2, 0.25) is 0 Å². The minimum Gasteiger partial charge on any atom is -0.506 e. The lowest BCUT2D eigenvalue weighted by Gasteiger charge is -2.02. The summed E-state index contributed by atoms with van der Waals surface area (Å²) in [4.78, 5) is 11.8. The summed E-state index contributed by atoms with van der Waals surface area (Å²) in [6.45, 7) is 0. The van der Waals surface area contributed by atoms with Crippen LogP contribution in [0.3, 0.4) is 0 Å². The Morgan fingerprint density at radius 2 is 2.10 bits per heavy atom. The first-order chi connectivity index (χ1) is 9.56. The molecule has 4 nitrogen and oxygen atoms in total. The molecule has 0 fully saturated rings. The van der Waals surface area contributed by atoms with Crippen LogP contribution in [0.5, 0.6) is 5.75 Å². The lowest BCUT2D eigenvalue weighted by atomic mass is 10.2. The highest BCUT2D eigenvalue weighted by Crippen LogP contribution is 2.23. The number of nitrogens with one attached hydrogen (secondary N) is 1. The Kier molecular flexibility index (Phi) is 4.76. The Morgan fingerprint density at radius 3 is 2.80 bits per heavy atom. The van der Waals surface area contributed by atoms with Crippen LogP contribution in [0.15, 0.2) is 52.0 Å². The average Bonchev–Trinajstić information content (AvgIpc) is 2.42. The quantitative estimate of drug-likeness (QED) is 0.654. The van der Waals surface area contributed by atoms with Crippen LogP contribution in [-0.2, 0) is 0 Å². The maximum absolute atomic E-state index is 11.8.